The third-order valence-corrected chi connectivity index (χ3v) is 3.30. The minimum Gasteiger partial charge on any atom is -0.337 e. The Morgan fingerprint density at radius 2 is 2.39 bits per heavy atom. The van der Waals surface area contributed by atoms with Crippen molar-refractivity contribution in [2.45, 2.75) is 26.2 Å². The molecule has 0 aliphatic carbocycles. The predicted octanol–water partition coefficient (Wildman–Crippen LogP) is 1.02. The molecule has 1 aromatic rings. The van der Waals surface area contributed by atoms with Crippen LogP contribution in [0.25, 0.3) is 0 Å². The molecule has 98 valence electrons. The third kappa shape index (κ3) is 2.76. The van der Waals surface area contributed by atoms with Crippen LogP contribution in [0.15, 0.2) is 12.1 Å². The smallest absolute Gasteiger partial charge is 0.274 e. The maximum atomic E-state index is 12.2. The molecule has 2 rings (SSSR count). The monoisotopic (exact) mass is 249 g/mol. The fourth-order valence-electron chi connectivity index (χ4n) is 2.35. The maximum absolute atomic E-state index is 12.2. The first-order valence-corrected chi connectivity index (χ1v) is 6.34. The van der Waals surface area contributed by atoms with Crippen LogP contribution in [0.4, 0.5) is 5.82 Å². The summed E-state index contributed by atoms with van der Waals surface area (Å²) in [6.07, 6.45) is 3.45. The summed E-state index contributed by atoms with van der Waals surface area (Å²) in [6.45, 7) is 3.84. The van der Waals surface area contributed by atoms with Gasteiger partial charge >= 0.3 is 0 Å². The van der Waals surface area contributed by atoms with E-state index in [1.165, 1.54) is 12.8 Å². The van der Waals surface area contributed by atoms with Gasteiger partial charge in [-0.1, -0.05) is 13.3 Å². The molecule has 1 aromatic heterocycles. The number of rotatable bonds is 4. The van der Waals surface area contributed by atoms with Crippen molar-refractivity contribution in [3.05, 3.63) is 17.8 Å². The first kappa shape index (κ1) is 12.8. The van der Waals surface area contributed by atoms with E-state index in [1.54, 1.807) is 12.1 Å². The molecule has 6 heteroatoms. The molecule has 0 saturated carbocycles. The molecule has 0 aromatic carbocycles. The Kier molecular flexibility index (Phi) is 4.09. The van der Waals surface area contributed by atoms with Crippen molar-refractivity contribution in [1.29, 1.82) is 0 Å². The Morgan fingerprint density at radius 1 is 1.56 bits per heavy atom. The molecule has 0 radical (unpaired) electrons. The molecule has 1 aliphatic rings. The molecule has 1 atom stereocenters. The van der Waals surface area contributed by atoms with E-state index >= 15 is 0 Å². The van der Waals surface area contributed by atoms with Crippen molar-refractivity contribution in [2.75, 3.05) is 18.5 Å². The van der Waals surface area contributed by atoms with Crippen molar-refractivity contribution in [1.82, 2.24) is 15.1 Å². The Hall–Kier alpha value is -1.69. The lowest BCUT2D eigenvalue weighted by Gasteiger charge is -2.15. The van der Waals surface area contributed by atoms with Crippen molar-refractivity contribution in [3.8, 4) is 0 Å². The van der Waals surface area contributed by atoms with Crippen molar-refractivity contribution in [2.24, 2.45) is 11.8 Å². The molecule has 3 N–H and O–H groups in total. The van der Waals surface area contributed by atoms with Gasteiger partial charge in [-0.2, -0.15) is 0 Å². The van der Waals surface area contributed by atoms with Crippen LogP contribution in [0.3, 0.4) is 0 Å². The number of carbonyl (C=O) groups is 1. The highest BCUT2D eigenvalue weighted by Crippen LogP contribution is 2.22. The second-order valence-electron chi connectivity index (χ2n) is 4.64. The van der Waals surface area contributed by atoms with Gasteiger partial charge in [-0.25, -0.2) is 5.84 Å². The predicted molar refractivity (Wildman–Crippen MR) is 68.8 cm³/mol. The standard InChI is InChI=1S/C12H19N5O/c1-2-3-9-6-7-17(8-9)12(18)10-4-5-11(14-13)16-15-10/h4-5,9H,2-3,6-8,13H2,1H3,(H,14,16). The van der Waals surface area contributed by atoms with Crippen LogP contribution in [0.2, 0.25) is 0 Å². The summed E-state index contributed by atoms with van der Waals surface area (Å²) in [4.78, 5) is 14.0. The van der Waals surface area contributed by atoms with E-state index in [9.17, 15) is 4.79 Å². The Bertz CT molecular complexity index is 405. The second-order valence-corrected chi connectivity index (χ2v) is 4.64. The van der Waals surface area contributed by atoms with E-state index in [0.29, 0.717) is 17.4 Å². The van der Waals surface area contributed by atoms with Gasteiger partial charge < -0.3 is 10.3 Å². The summed E-state index contributed by atoms with van der Waals surface area (Å²) >= 11 is 0. The van der Waals surface area contributed by atoms with E-state index in [4.69, 9.17) is 5.84 Å². The van der Waals surface area contributed by atoms with Crippen molar-refractivity contribution >= 4 is 11.7 Å². The topological polar surface area (TPSA) is 84.1 Å². The van der Waals surface area contributed by atoms with Gasteiger partial charge in [0.2, 0.25) is 0 Å². The fraction of sp³-hybridized carbons (Fsp3) is 0.583. The molecule has 18 heavy (non-hydrogen) atoms. The van der Waals surface area contributed by atoms with Gasteiger partial charge in [0, 0.05) is 13.1 Å². The quantitative estimate of drug-likeness (QED) is 0.615. The average Bonchev–Trinajstić information content (AvgIpc) is 2.87. The maximum Gasteiger partial charge on any atom is 0.274 e. The van der Waals surface area contributed by atoms with Gasteiger partial charge in [0.25, 0.3) is 5.91 Å². The molecule has 0 spiro atoms. The summed E-state index contributed by atoms with van der Waals surface area (Å²) in [5, 5.41) is 7.69. The van der Waals surface area contributed by atoms with E-state index in [2.05, 4.69) is 22.5 Å². The molecule has 2 heterocycles. The zero-order valence-corrected chi connectivity index (χ0v) is 10.6. The number of hydrazine groups is 1. The summed E-state index contributed by atoms with van der Waals surface area (Å²) in [6, 6.07) is 3.30. The Balaban J connectivity index is 1.98. The number of nitrogen functional groups attached to an aromatic ring is 1. The zero-order valence-electron chi connectivity index (χ0n) is 10.6. The number of likely N-dealkylation sites (tertiary alicyclic amines) is 1. The highest BCUT2D eigenvalue weighted by molar-refractivity contribution is 5.92. The van der Waals surface area contributed by atoms with Gasteiger partial charge in [-0.15, -0.1) is 10.2 Å². The van der Waals surface area contributed by atoms with Crippen LogP contribution in [0.1, 0.15) is 36.7 Å². The highest BCUT2D eigenvalue weighted by Gasteiger charge is 2.27. The summed E-state index contributed by atoms with van der Waals surface area (Å²) < 4.78 is 0. The Morgan fingerprint density at radius 3 is 3.00 bits per heavy atom. The van der Waals surface area contributed by atoms with E-state index < -0.39 is 0 Å². The average molecular weight is 249 g/mol. The van der Waals surface area contributed by atoms with Gasteiger partial charge in [0.15, 0.2) is 11.5 Å². The van der Waals surface area contributed by atoms with Crippen LogP contribution in [-0.2, 0) is 0 Å². The molecule has 1 unspecified atom stereocenters. The number of amides is 1. The van der Waals surface area contributed by atoms with Crippen LogP contribution >= 0.6 is 0 Å². The van der Waals surface area contributed by atoms with Gasteiger partial charge in [0.1, 0.15) is 0 Å². The number of hydrogen-bond acceptors (Lipinski definition) is 5. The van der Waals surface area contributed by atoms with Crippen LogP contribution < -0.4 is 11.3 Å². The lowest BCUT2D eigenvalue weighted by molar-refractivity contribution is 0.0779. The normalized spacial score (nSPS) is 19.0. The highest BCUT2D eigenvalue weighted by atomic mass is 16.2. The zero-order chi connectivity index (χ0) is 13.0. The number of aromatic nitrogens is 2. The molecule has 6 nitrogen and oxygen atoms in total. The molecule has 1 aliphatic heterocycles. The third-order valence-electron chi connectivity index (χ3n) is 3.30. The minimum absolute atomic E-state index is 0.0373. The molecular weight excluding hydrogens is 230 g/mol. The van der Waals surface area contributed by atoms with Gasteiger partial charge in [-0.05, 0) is 30.9 Å². The first-order valence-electron chi connectivity index (χ1n) is 6.34. The number of anilines is 1. The summed E-state index contributed by atoms with van der Waals surface area (Å²) in [5.41, 5.74) is 2.77. The molecular formula is C12H19N5O. The fourth-order valence-corrected chi connectivity index (χ4v) is 2.35. The number of carbonyl (C=O) groups excluding carboxylic acids is 1. The van der Waals surface area contributed by atoms with Gasteiger partial charge in [0.05, 0.1) is 0 Å². The van der Waals surface area contributed by atoms with E-state index in [-0.39, 0.29) is 5.91 Å². The number of nitrogens with zero attached hydrogens (tertiary/aromatic N) is 3. The number of nitrogens with one attached hydrogen (secondary N) is 1. The van der Waals surface area contributed by atoms with Crippen LogP contribution in [0, 0.1) is 5.92 Å². The van der Waals surface area contributed by atoms with Crippen molar-refractivity contribution in [3.63, 3.8) is 0 Å². The number of nitrogens with two attached hydrogens (primary N) is 1. The molecule has 1 saturated heterocycles. The van der Waals surface area contributed by atoms with E-state index in [1.807, 2.05) is 4.90 Å². The SMILES string of the molecule is CCCC1CCN(C(=O)c2ccc(NN)nn2)C1. The minimum atomic E-state index is -0.0373. The first-order chi connectivity index (χ1) is 8.74. The summed E-state index contributed by atoms with van der Waals surface area (Å²) in [5.74, 6) is 6.26. The van der Waals surface area contributed by atoms with Crippen LogP contribution in [0.5, 0.6) is 0 Å². The molecule has 1 amide bonds. The van der Waals surface area contributed by atoms with Gasteiger partial charge in [-0.3, -0.25) is 4.79 Å². The Labute approximate surface area is 107 Å². The van der Waals surface area contributed by atoms with Crippen LogP contribution in [-0.4, -0.2) is 34.1 Å². The largest absolute Gasteiger partial charge is 0.337 e. The van der Waals surface area contributed by atoms with E-state index in [0.717, 1.165) is 19.5 Å². The lowest BCUT2D eigenvalue weighted by atomic mass is 10.0. The number of hydrogen-bond donors (Lipinski definition) is 2. The lowest BCUT2D eigenvalue weighted by Crippen LogP contribution is -2.29. The molecule has 0 bridgehead atoms. The molecule has 1 fully saturated rings. The summed E-state index contributed by atoms with van der Waals surface area (Å²) in [7, 11) is 0. The van der Waals surface area contributed by atoms with Crippen molar-refractivity contribution < 1.29 is 4.79 Å². The second kappa shape index (κ2) is 5.77.